The minimum atomic E-state index is -0.103. The number of hydrogen-bond donors (Lipinski definition) is 2. The molecule has 122 valence electrons. The van der Waals surface area contributed by atoms with Crippen LogP contribution in [-0.4, -0.2) is 42.5 Å². The molecule has 1 rings (SSSR count). The van der Waals surface area contributed by atoms with E-state index in [-0.39, 0.29) is 11.9 Å². The Balaban J connectivity index is 2.19. The number of nitrogens with one attached hydrogen (secondary N) is 2. The highest BCUT2D eigenvalue weighted by molar-refractivity contribution is 5.75. The van der Waals surface area contributed by atoms with Gasteiger partial charge in [0, 0.05) is 32.6 Å². The summed E-state index contributed by atoms with van der Waals surface area (Å²) < 4.78 is 0. The first-order chi connectivity index (χ1) is 9.99. The Morgan fingerprint density at radius 1 is 1.14 bits per heavy atom. The number of carbonyl (C=O) groups is 2. The van der Waals surface area contributed by atoms with Gasteiger partial charge in [-0.1, -0.05) is 33.1 Å². The predicted octanol–water partition coefficient (Wildman–Crippen LogP) is 2.51. The molecule has 0 unspecified atom stereocenters. The molecule has 5 heteroatoms. The van der Waals surface area contributed by atoms with Gasteiger partial charge in [-0.25, -0.2) is 4.79 Å². The summed E-state index contributed by atoms with van der Waals surface area (Å²) in [5.74, 6) is 0.652. The maximum Gasteiger partial charge on any atom is 0.315 e. The van der Waals surface area contributed by atoms with Crippen LogP contribution in [0.25, 0.3) is 0 Å². The molecule has 0 atom stereocenters. The molecule has 0 spiro atoms. The molecule has 0 aromatic rings. The van der Waals surface area contributed by atoms with E-state index in [2.05, 4.69) is 24.5 Å². The van der Waals surface area contributed by atoms with Crippen LogP contribution in [0.15, 0.2) is 0 Å². The molecule has 1 fully saturated rings. The van der Waals surface area contributed by atoms with Crippen LogP contribution in [0.2, 0.25) is 0 Å². The van der Waals surface area contributed by atoms with E-state index in [1.165, 1.54) is 19.3 Å². The van der Waals surface area contributed by atoms with Crippen molar-refractivity contribution in [3.05, 3.63) is 0 Å². The largest absolute Gasteiger partial charge is 0.341 e. The normalized spacial score (nSPS) is 15.8. The highest BCUT2D eigenvalue weighted by Crippen LogP contribution is 2.17. The molecule has 0 aromatic carbocycles. The van der Waals surface area contributed by atoms with Gasteiger partial charge in [0.05, 0.1) is 0 Å². The second-order valence-electron chi connectivity index (χ2n) is 6.42. The van der Waals surface area contributed by atoms with Gasteiger partial charge in [0.2, 0.25) is 5.91 Å². The smallest absolute Gasteiger partial charge is 0.315 e. The number of carbonyl (C=O) groups excluding carboxylic acids is 2. The average Bonchev–Trinajstić information content (AvgIpc) is 2.43. The molecule has 21 heavy (non-hydrogen) atoms. The Kier molecular flexibility index (Phi) is 8.16. The number of nitrogens with zero attached hydrogens (tertiary/aromatic N) is 1. The first kappa shape index (κ1) is 17.8. The maximum absolute atomic E-state index is 11.8. The molecule has 0 heterocycles. The molecule has 1 aliphatic rings. The zero-order valence-electron chi connectivity index (χ0n) is 13.8. The molecule has 0 bridgehead atoms. The van der Waals surface area contributed by atoms with Crippen molar-refractivity contribution in [3.63, 3.8) is 0 Å². The van der Waals surface area contributed by atoms with Crippen molar-refractivity contribution in [2.24, 2.45) is 5.92 Å². The predicted molar refractivity (Wildman–Crippen MR) is 85.1 cm³/mol. The molecular formula is C16H31N3O2. The van der Waals surface area contributed by atoms with Crippen LogP contribution in [0.1, 0.15) is 59.3 Å². The van der Waals surface area contributed by atoms with E-state index >= 15 is 0 Å². The van der Waals surface area contributed by atoms with E-state index in [0.717, 1.165) is 25.8 Å². The zero-order chi connectivity index (χ0) is 15.7. The van der Waals surface area contributed by atoms with Gasteiger partial charge in [0.1, 0.15) is 0 Å². The first-order valence-corrected chi connectivity index (χ1v) is 8.29. The van der Waals surface area contributed by atoms with Gasteiger partial charge in [0.25, 0.3) is 0 Å². The van der Waals surface area contributed by atoms with E-state index < -0.39 is 0 Å². The highest BCUT2D eigenvalue weighted by atomic mass is 16.2. The van der Waals surface area contributed by atoms with E-state index in [1.807, 2.05) is 0 Å². The molecular weight excluding hydrogens is 266 g/mol. The molecule has 1 saturated carbocycles. The lowest BCUT2D eigenvalue weighted by Crippen LogP contribution is -2.45. The summed E-state index contributed by atoms with van der Waals surface area (Å²) in [5.41, 5.74) is 0. The van der Waals surface area contributed by atoms with Crippen molar-refractivity contribution in [2.75, 3.05) is 19.6 Å². The van der Waals surface area contributed by atoms with E-state index in [4.69, 9.17) is 0 Å². The topological polar surface area (TPSA) is 61.4 Å². The summed E-state index contributed by atoms with van der Waals surface area (Å²) in [6, 6.07) is 0.220. The molecule has 1 aliphatic carbocycles. The van der Waals surface area contributed by atoms with E-state index in [0.29, 0.717) is 25.0 Å². The van der Waals surface area contributed by atoms with Crippen LogP contribution >= 0.6 is 0 Å². The van der Waals surface area contributed by atoms with Gasteiger partial charge in [-0.3, -0.25) is 4.79 Å². The lowest BCUT2D eigenvalue weighted by molar-refractivity contribution is -0.128. The Bertz CT molecular complexity index is 325. The second kappa shape index (κ2) is 9.64. The lowest BCUT2D eigenvalue weighted by Gasteiger charge is -2.24. The van der Waals surface area contributed by atoms with Crippen LogP contribution in [0.5, 0.6) is 0 Å². The molecule has 0 aliphatic heterocycles. The minimum absolute atomic E-state index is 0.0742. The van der Waals surface area contributed by atoms with Crippen molar-refractivity contribution in [1.29, 1.82) is 0 Å². The van der Waals surface area contributed by atoms with Crippen molar-refractivity contribution < 1.29 is 9.59 Å². The van der Waals surface area contributed by atoms with Gasteiger partial charge >= 0.3 is 6.03 Å². The van der Waals surface area contributed by atoms with Crippen LogP contribution in [0.4, 0.5) is 4.79 Å². The summed E-state index contributed by atoms with van der Waals surface area (Å²) in [6.07, 6.45) is 6.86. The Morgan fingerprint density at radius 3 is 2.38 bits per heavy atom. The minimum Gasteiger partial charge on any atom is -0.341 e. The third kappa shape index (κ3) is 7.93. The highest BCUT2D eigenvalue weighted by Gasteiger charge is 2.15. The van der Waals surface area contributed by atoms with E-state index in [9.17, 15) is 9.59 Å². The Hall–Kier alpha value is -1.26. The molecule has 2 N–H and O–H groups in total. The standard InChI is InChI=1S/C16H31N3O2/c1-13(2)9-11-19(14(3)20)12-10-17-16(21)18-15-7-5-4-6-8-15/h13,15H,4-12H2,1-3H3,(H2,17,18,21). The summed E-state index contributed by atoms with van der Waals surface area (Å²) in [6.45, 7) is 7.74. The zero-order valence-corrected chi connectivity index (χ0v) is 13.8. The quantitative estimate of drug-likeness (QED) is 0.758. The molecule has 3 amide bonds. The number of hydrogen-bond acceptors (Lipinski definition) is 2. The third-order valence-corrected chi connectivity index (χ3v) is 4.03. The maximum atomic E-state index is 11.8. The van der Waals surface area contributed by atoms with Gasteiger partial charge < -0.3 is 15.5 Å². The van der Waals surface area contributed by atoms with Gasteiger partial charge in [-0.15, -0.1) is 0 Å². The van der Waals surface area contributed by atoms with Gasteiger partial charge in [-0.05, 0) is 25.2 Å². The second-order valence-corrected chi connectivity index (χ2v) is 6.42. The van der Waals surface area contributed by atoms with Crippen molar-refractivity contribution in [3.8, 4) is 0 Å². The summed E-state index contributed by atoms with van der Waals surface area (Å²) in [5, 5.41) is 5.88. The van der Waals surface area contributed by atoms with Crippen molar-refractivity contribution in [1.82, 2.24) is 15.5 Å². The van der Waals surface area contributed by atoms with Crippen LogP contribution in [-0.2, 0) is 4.79 Å². The van der Waals surface area contributed by atoms with Crippen LogP contribution in [0, 0.1) is 5.92 Å². The average molecular weight is 297 g/mol. The summed E-state index contributed by atoms with van der Waals surface area (Å²) in [7, 11) is 0. The van der Waals surface area contributed by atoms with Crippen molar-refractivity contribution >= 4 is 11.9 Å². The fourth-order valence-electron chi connectivity index (χ4n) is 2.63. The number of amides is 3. The van der Waals surface area contributed by atoms with Gasteiger partial charge in [-0.2, -0.15) is 0 Å². The molecule has 0 radical (unpaired) electrons. The molecule has 0 aromatic heterocycles. The third-order valence-electron chi connectivity index (χ3n) is 4.03. The number of urea groups is 1. The summed E-state index contributed by atoms with van der Waals surface area (Å²) in [4.78, 5) is 25.2. The monoisotopic (exact) mass is 297 g/mol. The van der Waals surface area contributed by atoms with Crippen LogP contribution < -0.4 is 10.6 Å². The van der Waals surface area contributed by atoms with E-state index in [1.54, 1.807) is 11.8 Å². The SMILES string of the molecule is CC(=O)N(CCNC(=O)NC1CCCCC1)CCC(C)C. The lowest BCUT2D eigenvalue weighted by atomic mass is 9.96. The van der Waals surface area contributed by atoms with Gasteiger partial charge in [0.15, 0.2) is 0 Å². The molecule has 5 nitrogen and oxygen atoms in total. The Labute approximate surface area is 128 Å². The first-order valence-electron chi connectivity index (χ1n) is 8.29. The van der Waals surface area contributed by atoms with Crippen LogP contribution in [0.3, 0.4) is 0 Å². The molecule has 0 saturated heterocycles. The fraction of sp³-hybridized carbons (Fsp3) is 0.875. The Morgan fingerprint density at radius 2 is 1.81 bits per heavy atom. The fourth-order valence-corrected chi connectivity index (χ4v) is 2.63. The van der Waals surface area contributed by atoms with Crippen molar-refractivity contribution in [2.45, 2.75) is 65.3 Å². The number of rotatable bonds is 7. The summed E-state index contributed by atoms with van der Waals surface area (Å²) >= 11 is 0.